The molecule has 0 unspecified atom stereocenters. The van der Waals surface area contributed by atoms with E-state index in [2.05, 4.69) is 29.6 Å². The summed E-state index contributed by atoms with van der Waals surface area (Å²) in [4.78, 5) is 13.3. The van der Waals surface area contributed by atoms with Gasteiger partial charge in [-0.3, -0.25) is 4.79 Å². The summed E-state index contributed by atoms with van der Waals surface area (Å²) in [6, 6.07) is 25.5. The van der Waals surface area contributed by atoms with E-state index in [0.29, 0.717) is 24.5 Å². The van der Waals surface area contributed by atoms with Gasteiger partial charge in [0.1, 0.15) is 5.75 Å². The van der Waals surface area contributed by atoms with Gasteiger partial charge in [-0.2, -0.15) is 0 Å². The SMILES string of the molecule is O=C(CCCOc1ccc(Cl)cc1)Nc1ccc(CSc2ccccc2)cc1. The Morgan fingerprint density at radius 3 is 2.36 bits per heavy atom. The first-order valence-electron chi connectivity index (χ1n) is 9.14. The van der Waals surface area contributed by atoms with Crippen molar-refractivity contribution in [2.45, 2.75) is 23.5 Å². The molecule has 0 atom stereocenters. The van der Waals surface area contributed by atoms with Crippen LogP contribution in [0.3, 0.4) is 0 Å². The summed E-state index contributed by atoms with van der Waals surface area (Å²) in [6.45, 7) is 0.491. The monoisotopic (exact) mass is 411 g/mol. The van der Waals surface area contributed by atoms with E-state index in [-0.39, 0.29) is 5.91 Å². The van der Waals surface area contributed by atoms with Crippen LogP contribution in [0, 0.1) is 0 Å². The van der Waals surface area contributed by atoms with E-state index >= 15 is 0 Å². The number of benzene rings is 3. The predicted molar refractivity (Wildman–Crippen MR) is 117 cm³/mol. The molecule has 28 heavy (non-hydrogen) atoms. The van der Waals surface area contributed by atoms with Gasteiger partial charge in [0.15, 0.2) is 0 Å². The molecular formula is C23H22ClNO2S. The van der Waals surface area contributed by atoms with Gasteiger partial charge in [0.2, 0.25) is 5.91 Å². The lowest BCUT2D eigenvalue weighted by Gasteiger charge is -2.08. The maximum Gasteiger partial charge on any atom is 0.224 e. The first kappa shape index (κ1) is 20.3. The molecule has 3 rings (SSSR count). The van der Waals surface area contributed by atoms with Gasteiger partial charge in [0, 0.05) is 27.8 Å². The molecule has 0 spiro atoms. The molecule has 0 aliphatic rings. The van der Waals surface area contributed by atoms with Crippen LogP contribution in [-0.4, -0.2) is 12.5 Å². The lowest BCUT2D eigenvalue weighted by atomic mass is 10.2. The highest BCUT2D eigenvalue weighted by molar-refractivity contribution is 7.98. The Labute approximate surface area is 175 Å². The molecule has 0 bridgehead atoms. The van der Waals surface area contributed by atoms with Crippen LogP contribution in [-0.2, 0) is 10.5 Å². The quantitative estimate of drug-likeness (QED) is 0.325. The molecule has 3 nitrogen and oxygen atoms in total. The van der Waals surface area contributed by atoms with Crippen molar-refractivity contribution >= 4 is 35.0 Å². The number of carbonyl (C=O) groups is 1. The van der Waals surface area contributed by atoms with E-state index < -0.39 is 0 Å². The summed E-state index contributed by atoms with van der Waals surface area (Å²) >= 11 is 7.63. The van der Waals surface area contributed by atoms with Gasteiger partial charge in [-0.05, 0) is 60.5 Å². The maximum absolute atomic E-state index is 12.1. The van der Waals surface area contributed by atoms with Crippen LogP contribution in [0.4, 0.5) is 5.69 Å². The van der Waals surface area contributed by atoms with Gasteiger partial charge in [0.25, 0.3) is 0 Å². The molecule has 0 aromatic heterocycles. The molecule has 0 aliphatic heterocycles. The Morgan fingerprint density at radius 2 is 1.64 bits per heavy atom. The van der Waals surface area contributed by atoms with Crippen molar-refractivity contribution in [3.63, 3.8) is 0 Å². The fraction of sp³-hybridized carbons (Fsp3) is 0.174. The van der Waals surface area contributed by atoms with E-state index in [1.807, 2.05) is 42.5 Å². The van der Waals surface area contributed by atoms with E-state index in [1.54, 1.807) is 23.9 Å². The van der Waals surface area contributed by atoms with Gasteiger partial charge < -0.3 is 10.1 Å². The number of ether oxygens (including phenoxy) is 1. The fourth-order valence-corrected chi connectivity index (χ4v) is 3.55. The highest BCUT2D eigenvalue weighted by Crippen LogP contribution is 2.23. The predicted octanol–water partition coefficient (Wildman–Crippen LogP) is 6.43. The number of amides is 1. The van der Waals surface area contributed by atoms with Crippen molar-refractivity contribution in [2.75, 3.05) is 11.9 Å². The zero-order valence-corrected chi connectivity index (χ0v) is 17.0. The number of thioether (sulfide) groups is 1. The van der Waals surface area contributed by atoms with Crippen LogP contribution in [0.25, 0.3) is 0 Å². The highest BCUT2D eigenvalue weighted by atomic mass is 35.5. The molecule has 0 aliphatic carbocycles. The summed E-state index contributed by atoms with van der Waals surface area (Å²) in [5.74, 6) is 1.65. The summed E-state index contributed by atoms with van der Waals surface area (Å²) in [5.41, 5.74) is 2.04. The molecule has 0 radical (unpaired) electrons. The number of anilines is 1. The Kier molecular flexibility index (Phi) is 7.82. The van der Waals surface area contributed by atoms with Crippen molar-refractivity contribution in [1.82, 2.24) is 0 Å². The van der Waals surface area contributed by atoms with Crippen molar-refractivity contribution in [3.05, 3.63) is 89.4 Å². The molecule has 3 aromatic carbocycles. The van der Waals surface area contributed by atoms with Gasteiger partial charge >= 0.3 is 0 Å². The zero-order chi connectivity index (χ0) is 19.6. The minimum atomic E-state index is -0.00823. The Balaban J connectivity index is 1.36. The van der Waals surface area contributed by atoms with Crippen LogP contribution in [0.15, 0.2) is 83.8 Å². The zero-order valence-electron chi connectivity index (χ0n) is 15.4. The number of nitrogens with one attached hydrogen (secondary N) is 1. The number of hydrogen-bond donors (Lipinski definition) is 1. The smallest absolute Gasteiger partial charge is 0.224 e. The average Bonchev–Trinajstić information content (AvgIpc) is 2.73. The van der Waals surface area contributed by atoms with Crippen LogP contribution in [0.1, 0.15) is 18.4 Å². The number of halogens is 1. The second-order valence-corrected chi connectivity index (χ2v) is 7.74. The first-order valence-corrected chi connectivity index (χ1v) is 10.5. The van der Waals surface area contributed by atoms with E-state index in [0.717, 1.165) is 17.2 Å². The Hall–Kier alpha value is -2.43. The van der Waals surface area contributed by atoms with Gasteiger partial charge in [-0.15, -0.1) is 11.8 Å². The molecule has 0 saturated heterocycles. The molecule has 1 amide bonds. The molecule has 5 heteroatoms. The van der Waals surface area contributed by atoms with Crippen LogP contribution >= 0.6 is 23.4 Å². The number of hydrogen-bond acceptors (Lipinski definition) is 3. The van der Waals surface area contributed by atoms with E-state index in [9.17, 15) is 4.79 Å². The average molecular weight is 412 g/mol. The fourth-order valence-electron chi connectivity index (χ4n) is 2.54. The van der Waals surface area contributed by atoms with Crippen molar-refractivity contribution in [2.24, 2.45) is 0 Å². The molecule has 144 valence electrons. The molecular weight excluding hydrogens is 390 g/mol. The second kappa shape index (κ2) is 10.8. The molecule has 0 fully saturated rings. The number of carbonyl (C=O) groups excluding carboxylic acids is 1. The van der Waals surface area contributed by atoms with Crippen LogP contribution in [0.5, 0.6) is 5.75 Å². The Morgan fingerprint density at radius 1 is 0.929 bits per heavy atom. The minimum absolute atomic E-state index is 0.00823. The third kappa shape index (κ3) is 6.95. The van der Waals surface area contributed by atoms with Gasteiger partial charge in [0.05, 0.1) is 6.61 Å². The van der Waals surface area contributed by atoms with Gasteiger partial charge in [-0.1, -0.05) is 41.9 Å². The lowest BCUT2D eigenvalue weighted by Crippen LogP contribution is -2.12. The lowest BCUT2D eigenvalue weighted by molar-refractivity contribution is -0.116. The summed E-state index contributed by atoms with van der Waals surface area (Å²) in [5, 5.41) is 3.61. The highest BCUT2D eigenvalue weighted by Gasteiger charge is 2.04. The van der Waals surface area contributed by atoms with E-state index in [4.69, 9.17) is 16.3 Å². The van der Waals surface area contributed by atoms with Crippen LogP contribution < -0.4 is 10.1 Å². The molecule has 0 saturated carbocycles. The van der Waals surface area contributed by atoms with Crippen molar-refractivity contribution < 1.29 is 9.53 Å². The topological polar surface area (TPSA) is 38.3 Å². The third-order valence-electron chi connectivity index (χ3n) is 4.02. The molecule has 3 aromatic rings. The normalized spacial score (nSPS) is 10.5. The summed E-state index contributed by atoms with van der Waals surface area (Å²) < 4.78 is 5.60. The Bertz CT molecular complexity index is 867. The van der Waals surface area contributed by atoms with Crippen LogP contribution in [0.2, 0.25) is 5.02 Å². The molecule has 0 heterocycles. The number of rotatable bonds is 9. The first-order chi connectivity index (χ1) is 13.7. The summed E-state index contributed by atoms with van der Waals surface area (Å²) in [7, 11) is 0. The minimum Gasteiger partial charge on any atom is -0.494 e. The molecule has 1 N–H and O–H groups in total. The van der Waals surface area contributed by atoms with Crippen molar-refractivity contribution in [1.29, 1.82) is 0 Å². The van der Waals surface area contributed by atoms with Crippen molar-refractivity contribution in [3.8, 4) is 5.75 Å². The van der Waals surface area contributed by atoms with Gasteiger partial charge in [-0.25, -0.2) is 0 Å². The van der Waals surface area contributed by atoms with E-state index in [1.165, 1.54) is 10.5 Å². The standard InChI is InChI=1S/C23H22ClNO2S/c24-19-10-14-21(15-11-19)27-16-4-7-23(26)25-20-12-8-18(9-13-20)17-28-22-5-2-1-3-6-22/h1-3,5-6,8-15H,4,7,16-17H2,(H,25,26). The third-order valence-corrected chi connectivity index (χ3v) is 5.35. The second-order valence-electron chi connectivity index (χ2n) is 6.25. The summed E-state index contributed by atoms with van der Waals surface area (Å²) in [6.07, 6.45) is 1.07. The maximum atomic E-state index is 12.1. The largest absolute Gasteiger partial charge is 0.494 e.